The molecule has 162 valence electrons. The van der Waals surface area contributed by atoms with Crippen LogP contribution in [0.2, 0.25) is 0 Å². The van der Waals surface area contributed by atoms with Crippen molar-refractivity contribution in [3.63, 3.8) is 0 Å². The van der Waals surface area contributed by atoms with E-state index >= 15 is 0 Å². The van der Waals surface area contributed by atoms with Crippen LogP contribution in [0.25, 0.3) is 16.9 Å². The van der Waals surface area contributed by atoms with Crippen molar-refractivity contribution >= 4 is 22.7 Å². The molecule has 1 saturated carbocycles. The van der Waals surface area contributed by atoms with Crippen LogP contribution in [-0.2, 0) is 11.8 Å². The molecule has 3 atom stereocenters. The minimum absolute atomic E-state index is 0.235. The van der Waals surface area contributed by atoms with Crippen molar-refractivity contribution in [1.82, 2.24) is 23.1 Å². The lowest BCUT2D eigenvalue weighted by Gasteiger charge is -2.39. The second-order valence-electron chi connectivity index (χ2n) is 9.97. The number of fused-ring (bicyclic) bond motifs is 3. The van der Waals surface area contributed by atoms with Crippen LogP contribution in [0.5, 0.6) is 0 Å². The van der Waals surface area contributed by atoms with Gasteiger partial charge in [-0.25, -0.2) is 9.36 Å². The lowest BCUT2D eigenvalue weighted by molar-refractivity contribution is -0.119. The standard InChI is InChI=1S/C22H31N5O3/c1-12-8-16(10-22(5,6)9-12)26-13(2)11-25-17-18(23-20(25)26)24(7)21(30)27(19(17)29)14(3)15(4)28/h11-12,14,16H,8-10H2,1-7H3/t12-,14-,16-/m0/s1. The van der Waals surface area contributed by atoms with Crippen LogP contribution in [-0.4, -0.2) is 28.9 Å². The van der Waals surface area contributed by atoms with E-state index in [4.69, 9.17) is 4.98 Å². The average molecular weight is 414 g/mol. The van der Waals surface area contributed by atoms with E-state index in [1.54, 1.807) is 18.4 Å². The third-order valence-corrected chi connectivity index (χ3v) is 6.72. The van der Waals surface area contributed by atoms with Gasteiger partial charge in [-0.3, -0.25) is 18.6 Å². The molecule has 3 aromatic rings. The van der Waals surface area contributed by atoms with Gasteiger partial charge in [-0.2, -0.15) is 4.98 Å². The minimum Gasteiger partial charge on any atom is -0.311 e. The summed E-state index contributed by atoms with van der Waals surface area (Å²) in [4.78, 5) is 42.8. The van der Waals surface area contributed by atoms with E-state index in [1.807, 2.05) is 13.1 Å². The Labute approximate surface area is 175 Å². The number of ketones is 1. The van der Waals surface area contributed by atoms with Crippen molar-refractivity contribution in [1.29, 1.82) is 0 Å². The van der Waals surface area contributed by atoms with Gasteiger partial charge in [0.05, 0.1) is 6.04 Å². The van der Waals surface area contributed by atoms with Gasteiger partial charge in [0.2, 0.25) is 5.78 Å². The molecule has 4 rings (SSSR count). The summed E-state index contributed by atoms with van der Waals surface area (Å²) in [5.41, 5.74) is 0.964. The number of aromatic nitrogens is 5. The normalized spacial score (nSPS) is 22.6. The largest absolute Gasteiger partial charge is 0.333 e. The summed E-state index contributed by atoms with van der Waals surface area (Å²) in [6.07, 6.45) is 5.21. The Morgan fingerprint density at radius 3 is 2.53 bits per heavy atom. The Hall–Kier alpha value is -2.64. The maximum atomic E-state index is 13.3. The summed E-state index contributed by atoms with van der Waals surface area (Å²) in [5, 5.41) is 0. The van der Waals surface area contributed by atoms with Crippen LogP contribution in [0.1, 0.15) is 71.7 Å². The quantitative estimate of drug-likeness (QED) is 0.661. The first-order chi connectivity index (χ1) is 13.9. The lowest BCUT2D eigenvalue weighted by atomic mass is 9.70. The zero-order valence-electron chi connectivity index (χ0n) is 18.9. The van der Waals surface area contributed by atoms with Gasteiger partial charge in [-0.15, -0.1) is 0 Å². The van der Waals surface area contributed by atoms with Crippen LogP contribution in [0.15, 0.2) is 15.8 Å². The molecular formula is C22H31N5O3. The van der Waals surface area contributed by atoms with E-state index in [9.17, 15) is 14.4 Å². The van der Waals surface area contributed by atoms with E-state index in [0.717, 1.165) is 23.1 Å². The molecule has 0 saturated heterocycles. The molecule has 8 heteroatoms. The second-order valence-corrected chi connectivity index (χ2v) is 9.97. The monoisotopic (exact) mass is 413 g/mol. The number of carbonyl (C=O) groups excluding carboxylic acids is 1. The van der Waals surface area contributed by atoms with E-state index in [-0.39, 0.29) is 17.2 Å². The number of nitrogens with zero attached hydrogens (tertiary/aromatic N) is 5. The molecular weight excluding hydrogens is 382 g/mol. The van der Waals surface area contributed by atoms with E-state index in [0.29, 0.717) is 22.9 Å². The van der Waals surface area contributed by atoms with Crippen molar-refractivity contribution in [3.05, 3.63) is 32.7 Å². The predicted molar refractivity (Wildman–Crippen MR) is 116 cm³/mol. The highest BCUT2D eigenvalue weighted by molar-refractivity contribution is 5.80. The van der Waals surface area contributed by atoms with Crippen LogP contribution in [0.4, 0.5) is 0 Å². The molecule has 30 heavy (non-hydrogen) atoms. The molecule has 1 aliphatic rings. The number of Topliss-reactive ketones (excluding diaryl/α,β-unsaturated/α-hetero) is 1. The smallest absolute Gasteiger partial charge is 0.311 e. The molecule has 0 aromatic carbocycles. The maximum Gasteiger partial charge on any atom is 0.333 e. The van der Waals surface area contributed by atoms with Gasteiger partial charge in [0.25, 0.3) is 5.56 Å². The third kappa shape index (κ3) is 2.96. The molecule has 0 radical (unpaired) electrons. The number of hydrogen-bond acceptors (Lipinski definition) is 4. The fraction of sp³-hybridized carbons (Fsp3) is 0.636. The summed E-state index contributed by atoms with van der Waals surface area (Å²) in [6, 6.07) is -0.539. The molecule has 0 bridgehead atoms. The number of imidazole rings is 2. The zero-order valence-corrected chi connectivity index (χ0v) is 18.9. The lowest BCUT2D eigenvalue weighted by Crippen LogP contribution is -2.42. The number of hydrogen-bond donors (Lipinski definition) is 0. The molecule has 8 nitrogen and oxygen atoms in total. The summed E-state index contributed by atoms with van der Waals surface area (Å²) < 4.78 is 6.43. The molecule has 1 fully saturated rings. The molecule has 0 N–H and O–H groups in total. The van der Waals surface area contributed by atoms with E-state index in [1.165, 1.54) is 17.9 Å². The zero-order chi connectivity index (χ0) is 22.1. The van der Waals surface area contributed by atoms with Crippen molar-refractivity contribution < 1.29 is 4.79 Å². The first kappa shape index (κ1) is 20.6. The number of rotatable bonds is 3. The van der Waals surface area contributed by atoms with E-state index in [2.05, 4.69) is 25.3 Å². The molecule has 0 unspecified atom stereocenters. The molecule has 0 amide bonds. The summed E-state index contributed by atoms with van der Waals surface area (Å²) in [6.45, 7) is 11.9. The highest BCUT2D eigenvalue weighted by Crippen LogP contribution is 2.44. The van der Waals surface area contributed by atoms with E-state index < -0.39 is 17.3 Å². The Morgan fingerprint density at radius 1 is 1.27 bits per heavy atom. The predicted octanol–water partition coefficient (Wildman–Crippen LogP) is 3.00. The van der Waals surface area contributed by atoms with Gasteiger partial charge in [0, 0.05) is 25.0 Å². The van der Waals surface area contributed by atoms with Gasteiger partial charge < -0.3 is 4.57 Å². The highest BCUT2D eigenvalue weighted by atomic mass is 16.2. The topological polar surface area (TPSA) is 83.3 Å². The Bertz CT molecular complexity index is 1290. The van der Waals surface area contributed by atoms with Crippen molar-refractivity contribution in [2.45, 2.75) is 72.9 Å². The highest BCUT2D eigenvalue weighted by Gasteiger charge is 2.35. The first-order valence-electron chi connectivity index (χ1n) is 10.6. The average Bonchev–Trinajstić information content (AvgIpc) is 3.12. The Morgan fingerprint density at radius 2 is 1.93 bits per heavy atom. The van der Waals surface area contributed by atoms with Gasteiger partial charge in [0.1, 0.15) is 0 Å². The number of aryl methyl sites for hydroxylation is 2. The van der Waals surface area contributed by atoms with Crippen LogP contribution >= 0.6 is 0 Å². The van der Waals surface area contributed by atoms with Crippen molar-refractivity contribution in [2.75, 3.05) is 0 Å². The molecule has 3 aromatic heterocycles. The maximum absolute atomic E-state index is 13.3. The van der Waals surface area contributed by atoms with Crippen molar-refractivity contribution in [3.8, 4) is 0 Å². The Balaban J connectivity index is 2.02. The van der Waals surface area contributed by atoms with Crippen LogP contribution < -0.4 is 11.2 Å². The second kappa shape index (κ2) is 6.68. The van der Waals surface area contributed by atoms with Gasteiger partial charge in [0.15, 0.2) is 16.9 Å². The Kier molecular flexibility index (Phi) is 4.60. The third-order valence-electron chi connectivity index (χ3n) is 6.72. The van der Waals surface area contributed by atoms with Crippen LogP contribution in [0, 0.1) is 18.3 Å². The van der Waals surface area contributed by atoms with Gasteiger partial charge in [-0.1, -0.05) is 20.8 Å². The SMILES string of the molecule is CC(=O)[C@H](C)n1c(=O)c2c(nc3n([C@H]4C[C@H](C)CC(C)(C)C4)c(C)cn23)n(C)c1=O. The molecule has 0 spiro atoms. The van der Waals surface area contributed by atoms with Crippen molar-refractivity contribution in [2.24, 2.45) is 18.4 Å². The molecule has 1 aliphatic carbocycles. The summed E-state index contributed by atoms with van der Waals surface area (Å²) in [7, 11) is 1.60. The fourth-order valence-corrected chi connectivity index (χ4v) is 5.46. The van der Waals surface area contributed by atoms with Crippen LogP contribution in [0.3, 0.4) is 0 Å². The number of carbonyl (C=O) groups is 1. The first-order valence-corrected chi connectivity index (χ1v) is 10.6. The minimum atomic E-state index is -0.825. The fourth-order valence-electron chi connectivity index (χ4n) is 5.46. The molecule has 0 aliphatic heterocycles. The summed E-state index contributed by atoms with van der Waals surface area (Å²) in [5.74, 6) is 1.04. The van der Waals surface area contributed by atoms with Gasteiger partial charge >= 0.3 is 5.69 Å². The van der Waals surface area contributed by atoms with Gasteiger partial charge in [-0.05, 0) is 51.4 Å². The summed E-state index contributed by atoms with van der Waals surface area (Å²) >= 11 is 0. The molecule has 3 heterocycles.